The first-order chi connectivity index (χ1) is 13.1. The molecule has 0 radical (unpaired) electrons. The van der Waals surface area contributed by atoms with Gasteiger partial charge < -0.3 is 19.1 Å². The molecule has 1 heterocycles. The van der Waals surface area contributed by atoms with Crippen molar-refractivity contribution in [2.75, 3.05) is 33.4 Å². The Morgan fingerprint density at radius 2 is 1.93 bits per heavy atom. The molecule has 2 aromatic carbocycles. The summed E-state index contributed by atoms with van der Waals surface area (Å²) in [6, 6.07) is 13.2. The zero-order valence-corrected chi connectivity index (χ0v) is 17.9. The van der Waals surface area contributed by atoms with E-state index in [4.69, 9.17) is 26.4 Å². The van der Waals surface area contributed by atoms with Gasteiger partial charge in [-0.1, -0.05) is 42.5 Å². The largest absolute Gasteiger partial charge is 0.493 e. The van der Waals surface area contributed by atoms with E-state index in [1.807, 2.05) is 42.5 Å². The molecule has 1 aliphatic heterocycles. The summed E-state index contributed by atoms with van der Waals surface area (Å²) in [6.45, 7) is 2.88. The number of nitrogens with zero attached hydrogens (tertiary/aromatic N) is 1. The number of hydrogen-bond donors (Lipinski definition) is 0. The molecular weight excluding hydrogens is 477 g/mol. The van der Waals surface area contributed by atoms with Gasteiger partial charge in [0.1, 0.15) is 4.99 Å². The summed E-state index contributed by atoms with van der Waals surface area (Å²) in [4.78, 5) is 15.2. The van der Waals surface area contributed by atoms with Crippen molar-refractivity contribution in [1.82, 2.24) is 4.90 Å². The lowest BCUT2D eigenvalue weighted by atomic mass is 10.1. The van der Waals surface area contributed by atoms with Gasteiger partial charge in [-0.05, 0) is 40.3 Å². The highest BCUT2D eigenvalue weighted by atomic mass is 127. The molecule has 142 valence electrons. The van der Waals surface area contributed by atoms with Crippen LogP contribution in [0.3, 0.4) is 0 Å². The van der Waals surface area contributed by atoms with Gasteiger partial charge >= 0.3 is 5.97 Å². The fourth-order valence-electron chi connectivity index (χ4n) is 2.80. The van der Waals surface area contributed by atoms with Crippen molar-refractivity contribution in [1.29, 1.82) is 0 Å². The lowest BCUT2D eigenvalue weighted by Gasteiger charge is -2.29. The van der Waals surface area contributed by atoms with Crippen LogP contribution in [0, 0.1) is 3.57 Å². The molecule has 5 nitrogen and oxygen atoms in total. The topological polar surface area (TPSA) is 48.0 Å². The number of carbonyl (C=O) groups excluding carboxylic acids is 1. The van der Waals surface area contributed by atoms with Crippen molar-refractivity contribution in [3.63, 3.8) is 0 Å². The maximum absolute atomic E-state index is 12.3. The zero-order chi connectivity index (χ0) is 19.2. The van der Waals surface area contributed by atoms with Crippen molar-refractivity contribution >= 4 is 45.8 Å². The molecule has 1 saturated heterocycles. The molecule has 0 amide bonds. The second kappa shape index (κ2) is 9.48. The fourth-order valence-corrected chi connectivity index (χ4v) is 3.82. The van der Waals surface area contributed by atoms with Crippen LogP contribution in [0.25, 0.3) is 0 Å². The Morgan fingerprint density at radius 1 is 1.22 bits per heavy atom. The number of rotatable bonds is 5. The first kappa shape index (κ1) is 20.0. The second-order valence-corrected chi connectivity index (χ2v) is 7.58. The summed E-state index contributed by atoms with van der Waals surface area (Å²) in [5.74, 6) is 0.586. The van der Waals surface area contributed by atoms with Crippen LogP contribution in [0.5, 0.6) is 11.5 Å². The monoisotopic (exact) mass is 497 g/mol. The number of ether oxygens (including phenoxy) is 3. The Morgan fingerprint density at radius 3 is 2.59 bits per heavy atom. The predicted octanol–water partition coefficient (Wildman–Crippen LogP) is 3.46. The molecule has 0 bridgehead atoms. The minimum absolute atomic E-state index is 0.202. The summed E-state index contributed by atoms with van der Waals surface area (Å²) in [5.41, 5.74) is 1.78. The summed E-state index contributed by atoms with van der Waals surface area (Å²) < 4.78 is 17.2. The highest BCUT2D eigenvalue weighted by Crippen LogP contribution is 2.35. The molecule has 7 heteroatoms. The van der Waals surface area contributed by atoms with Crippen molar-refractivity contribution in [2.45, 2.75) is 6.42 Å². The Labute approximate surface area is 177 Å². The molecule has 0 unspecified atom stereocenters. The average Bonchev–Trinajstić information content (AvgIpc) is 2.70. The van der Waals surface area contributed by atoms with Gasteiger partial charge in [0.15, 0.2) is 11.5 Å². The third-order valence-electron chi connectivity index (χ3n) is 4.18. The van der Waals surface area contributed by atoms with E-state index in [2.05, 4.69) is 27.5 Å². The van der Waals surface area contributed by atoms with Crippen molar-refractivity contribution in [3.8, 4) is 11.5 Å². The maximum Gasteiger partial charge on any atom is 0.315 e. The average molecular weight is 497 g/mol. The molecule has 0 aliphatic carbocycles. The van der Waals surface area contributed by atoms with Crippen molar-refractivity contribution in [2.24, 2.45) is 0 Å². The van der Waals surface area contributed by atoms with Gasteiger partial charge in [0, 0.05) is 18.7 Å². The molecular formula is C20H20INO4S. The van der Waals surface area contributed by atoms with Crippen LogP contribution in [0.15, 0.2) is 42.5 Å². The first-order valence-electron chi connectivity index (χ1n) is 8.57. The summed E-state index contributed by atoms with van der Waals surface area (Å²) in [7, 11) is 1.56. The van der Waals surface area contributed by atoms with E-state index < -0.39 is 0 Å². The highest BCUT2D eigenvalue weighted by Gasteiger charge is 2.20. The van der Waals surface area contributed by atoms with E-state index in [1.54, 1.807) is 7.11 Å². The molecule has 0 atom stereocenters. The second-order valence-electron chi connectivity index (χ2n) is 6.03. The number of benzene rings is 2. The number of esters is 1. The van der Waals surface area contributed by atoms with E-state index in [0.29, 0.717) is 24.7 Å². The van der Waals surface area contributed by atoms with Gasteiger partial charge in [-0.2, -0.15) is 0 Å². The van der Waals surface area contributed by atoms with E-state index in [9.17, 15) is 4.79 Å². The van der Waals surface area contributed by atoms with E-state index in [0.717, 1.165) is 32.8 Å². The van der Waals surface area contributed by atoms with Gasteiger partial charge in [-0.25, -0.2) is 0 Å². The lowest BCUT2D eigenvalue weighted by Crippen LogP contribution is -2.40. The number of hydrogen-bond acceptors (Lipinski definition) is 5. The number of methoxy groups -OCH3 is 1. The van der Waals surface area contributed by atoms with Crippen LogP contribution >= 0.6 is 34.8 Å². The van der Waals surface area contributed by atoms with Gasteiger partial charge in [-0.15, -0.1) is 0 Å². The standard InChI is InChI=1S/C20H20INO4S/c1-24-17-13-15(20(27)22-7-9-25-10-8-22)12-16(21)19(17)26-18(23)11-14-5-3-2-4-6-14/h2-6,12-13H,7-11H2,1H3. The van der Waals surface area contributed by atoms with E-state index in [1.165, 1.54) is 0 Å². The third kappa shape index (κ3) is 5.18. The van der Waals surface area contributed by atoms with Crippen molar-refractivity contribution < 1.29 is 19.0 Å². The summed E-state index contributed by atoms with van der Waals surface area (Å²) in [6.07, 6.45) is 0.202. The smallest absolute Gasteiger partial charge is 0.315 e. The minimum atomic E-state index is -0.332. The van der Waals surface area contributed by atoms with Gasteiger partial charge in [0.2, 0.25) is 0 Å². The van der Waals surface area contributed by atoms with Gasteiger partial charge in [0.25, 0.3) is 0 Å². The summed E-state index contributed by atoms with van der Waals surface area (Å²) in [5, 5.41) is 0. The molecule has 0 N–H and O–H groups in total. The molecule has 1 fully saturated rings. The Hall–Kier alpha value is -1.71. The molecule has 1 aliphatic rings. The van der Waals surface area contributed by atoms with Crippen LogP contribution in [-0.4, -0.2) is 49.3 Å². The summed E-state index contributed by atoms with van der Waals surface area (Å²) >= 11 is 7.77. The Balaban J connectivity index is 1.77. The van der Waals surface area contributed by atoms with Crippen LogP contribution in [0.2, 0.25) is 0 Å². The fraction of sp³-hybridized carbons (Fsp3) is 0.300. The number of morpholine rings is 1. The minimum Gasteiger partial charge on any atom is -0.493 e. The molecule has 2 aromatic rings. The van der Waals surface area contributed by atoms with Crippen LogP contribution in [0.1, 0.15) is 11.1 Å². The van der Waals surface area contributed by atoms with Gasteiger partial charge in [0.05, 0.1) is 30.3 Å². The molecule has 0 aromatic heterocycles. The van der Waals surface area contributed by atoms with Crippen LogP contribution in [-0.2, 0) is 16.0 Å². The maximum atomic E-state index is 12.3. The SMILES string of the molecule is COc1cc(C(=S)N2CCOCC2)cc(I)c1OC(=O)Cc1ccccc1. The molecule has 0 spiro atoms. The Kier molecular flexibility index (Phi) is 7.03. The molecule has 3 rings (SSSR count). The number of carbonyl (C=O) groups is 1. The van der Waals surface area contributed by atoms with Crippen molar-refractivity contribution in [3.05, 3.63) is 57.2 Å². The predicted molar refractivity (Wildman–Crippen MR) is 116 cm³/mol. The van der Waals surface area contributed by atoms with E-state index >= 15 is 0 Å². The molecule has 27 heavy (non-hydrogen) atoms. The van der Waals surface area contributed by atoms with E-state index in [-0.39, 0.29) is 12.4 Å². The quantitative estimate of drug-likeness (QED) is 0.273. The first-order valence-corrected chi connectivity index (χ1v) is 10.1. The molecule has 0 saturated carbocycles. The third-order valence-corrected chi connectivity index (χ3v) is 5.48. The Bertz CT molecular complexity index is 822. The van der Waals surface area contributed by atoms with Crippen LogP contribution in [0.4, 0.5) is 0 Å². The highest BCUT2D eigenvalue weighted by molar-refractivity contribution is 14.1. The van der Waals surface area contributed by atoms with Crippen LogP contribution < -0.4 is 9.47 Å². The zero-order valence-electron chi connectivity index (χ0n) is 14.9. The number of thiocarbonyl (C=S) groups is 1. The lowest BCUT2D eigenvalue weighted by molar-refractivity contribution is -0.133. The van der Waals surface area contributed by atoms with Gasteiger partial charge in [-0.3, -0.25) is 4.79 Å². The normalized spacial score (nSPS) is 13.9. The number of halogens is 1.